The Morgan fingerprint density at radius 1 is 0.727 bits per heavy atom. The molecular formula is C35H27N5O2S2. The van der Waals surface area contributed by atoms with Crippen molar-refractivity contribution in [2.45, 2.75) is 17.8 Å². The molecule has 216 valence electrons. The molecule has 44 heavy (non-hydrogen) atoms. The quantitative estimate of drug-likeness (QED) is 0.123. The van der Waals surface area contributed by atoms with Crippen molar-refractivity contribution in [1.29, 1.82) is 0 Å². The Morgan fingerprint density at radius 3 is 2.02 bits per heavy atom. The van der Waals surface area contributed by atoms with Gasteiger partial charge in [-0.1, -0.05) is 72.4 Å². The summed E-state index contributed by atoms with van der Waals surface area (Å²) >= 11 is 6.78. The van der Waals surface area contributed by atoms with Gasteiger partial charge >= 0.3 is 0 Å². The maximum absolute atomic E-state index is 13.1. The zero-order valence-electron chi connectivity index (χ0n) is 23.8. The highest BCUT2D eigenvalue weighted by Gasteiger charge is 2.13. The molecule has 7 nitrogen and oxygen atoms in total. The number of pyridine rings is 1. The van der Waals surface area contributed by atoms with E-state index in [0.29, 0.717) is 32.0 Å². The van der Waals surface area contributed by atoms with E-state index in [4.69, 9.17) is 17.2 Å². The van der Waals surface area contributed by atoms with Gasteiger partial charge in [0, 0.05) is 11.9 Å². The van der Waals surface area contributed by atoms with Crippen molar-refractivity contribution in [3.8, 4) is 11.4 Å². The fourth-order valence-corrected chi connectivity index (χ4v) is 6.02. The molecule has 1 N–H and O–H groups in total. The standard InChI is InChI=1S/C21H17N3OS.C14H10N2OS/c1-15-11-12-22-16(13-15)14-26-21-23-19-10-6-5-9-18(19)20(25)24(21)17-7-3-2-4-8-17;17-13-11-8-4-5-9-12(11)15-14(18)16(13)10-6-2-1-3-7-10/h2-13H,14H2,1H3;1-9H,(H,15,18). The van der Waals surface area contributed by atoms with Crippen LogP contribution in [0, 0.1) is 11.7 Å². The summed E-state index contributed by atoms with van der Waals surface area (Å²) in [5.41, 5.74) is 5.05. The Balaban J connectivity index is 0.000000167. The molecule has 0 saturated heterocycles. The van der Waals surface area contributed by atoms with E-state index in [2.05, 4.69) is 16.0 Å². The lowest BCUT2D eigenvalue weighted by molar-refractivity contribution is 0.819. The van der Waals surface area contributed by atoms with Gasteiger partial charge < -0.3 is 4.98 Å². The lowest BCUT2D eigenvalue weighted by atomic mass is 10.2. The second-order valence-corrected chi connectivity index (χ2v) is 11.3. The van der Waals surface area contributed by atoms with Gasteiger partial charge in [-0.25, -0.2) is 4.98 Å². The summed E-state index contributed by atoms with van der Waals surface area (Å²) in [5.74, 6) is 0.652. The SMILES string of the molecule is Cc1ccnc(CSc2nc3ccccc3c(=O)n2-c2ccccc2)c1.O=c1c2ccccc2[nH]c(=S)n1-c1ccccc1. The molecule has 0 aliphatic heterocycles. The van der Waals surface area contributed by atoms with E-state index >= 15 is 0 Å². The number of hydrogen-bond acceptors (Lipinski definition) is 6. The van der Waals surface area contributed by atoms with Crippen LogP contribution in [-0.2, 0) is 5.75 Å². The Hall–Kier alpha value is -5.12. The topological polar surface area (TPSA) is 85.6 Å². The summed E-state index contributed by atoms with van der Waals surface area (Å²) in [4.78, 5) is 37.8. The highest BCUT2D eigenvalue weighted by atomic mass is 32.2. The summed E-state index contributed by atoms with van der Waals surface area (Å²) in [7, 11) is 0. The highest BCUT2D eigenvalue weighted by molar-refractivity contribution is 7.98. The fourth-order valence-electron chi connectivity index (χ4n) is 4.80. The van der Waals surface area contributed by atoms with Gasteiger partial charge in [-0.15, -0.1) is 0 Å². The third kappa shape index (κ3) is 6.15. The number of para-hydroxylation sites is 4. The van der Waals surface area contributed by atoms with E-state index in [1.807, 2.05) is 122 Å². The van der Waals surface area contributed by atoms with E-state index < -0.39 is 0 Å². The molecule has 0 radical (unpaired) electrons. The van der Waals surface area contributed by atoms with E-state index in [0.717, 1.165) is 22.6 Å². The first-order chi connectivity index (χ1) is 21.5. The molecule has 0 aliphatic carbocycles. The van der Waals surface area contributed by atoms with E-state index in [-0.39, 0.29) is 11.1 Å². The Kier molecular flexibility index (Phi) is 8.58. The van der Waals surface area contributed by atoms with Crippen molar-refractivity contribution in [2.75, 3.05) is 0 Å². The Bertz CT molecular complexity index is 2260. The van der Waals surface area contributed by atoms with Crippen molar-refractivity contribution in [2.24, 2.45) is 0 Å². The van der Waals surface area contributed by atoms with Crippen molar-refractivity contribution < 1.29 is 0 Å². The van der Waals surface area contributed by atoms with Crippen molar-refractivity contribution in [3.63, 3.8) is 0 Å². The molecule has 3 heterocycles. The molecule has 0 spiro atoms. The number of benzene rings is 4. The molecular weight excluding hydrogens is 587 g/mol. The second-order valence-electron chi connectivity index (χ2n) is 9.95. The number of nitrogens with zero attached hydrogens (tertiary/aromatic N) is 4. The van der Waals surface area contributed by atoms with Crippen molar-refractivity contribution in [3.05, 3.63) is 164 Å². The first-order valence-electron chi connectivity index (χ1n) is 13.9. The fraction of sp³-hybridized carbons (Fsp3) is 0.0571. The van der Waals surface area contributed by atoms with Gasteiger partial charge in [0.1, 0.15) is 0 Å². The zero-order valence-corrected chi connectivity index (χ0v) is 25.4. The number of hydrogen-bond donors (Lipinski definition) is 1. The predicted molar refractivity (Wildman–Crippen MR) is 181 cm³/mol. The first kappa shape index (κ1) is 29.0. The first-order valence-corrected chi connectivity index (χ1v) is 15.3. The number of H-pyrrole nitrogens is 1. The van der Waals surface area contributed by atoms with Crippen LogP contribution >= 0.6 is 24.0 Å². The molecule has 0 bridgehead atoms. The Morgan fingerprint density at radius 2 is 1.32 bits per heavy atom. The number of rotatable bonds is 5. The maximum atomic E-state index is 13.1. The minimum atomic E-state index is -0.0967. The second kappa shape index (κ2) is 13.0. The van der Waals surface area contributed by atoms with E-state index in [1.165, 1.54) is 21.9 Å². The molecule has 7 rings (SSSR count). The van der Waals surface area contributed by atoms with Gasteiger partial charge in [0.05, 0.1) is 38.9 Å². The van der Waals surface area contributed by atoms with Gasteiger partial charge in [0.2, 0.25) is 0 Å². The van der Waals surface area contributed by atoms with Crippen LogP contribution in [-0.4, -0.2) is 24.1 Å². The number of nitrogens with one attached hydrogen (secondary N) is 1. The predicted octanol–water partition coefficient (Wildman–Crippen LogP) is 7.43. The molecule has 0 fully saturated rings. The minimum absolute atomic E-state index is 0.0542. The third-order valence-corrected chi connectivity index (χ3v) is 8.16. The molecule has 0 atom stereocenters. The van der Waals surface area contributed by atoms with E-state index in [9.17, 15) is 9.59 Å². The molecule has 7 aromatic rings. The molecule has 0 amide bonds. The monoisotopic (exact) mass is 613 g/mol. The number of fused-ring (bicyclic) bond motifs is 2. The third-order valence-electron chi connectivity index (χ3n) is 6.90. The molecule has 3 aromatic heterocycles. The van der Waals surface area contributed by atoms with Gasteiger partial charge in [-0.3, -0.25) is 23.7 Å². The lowest BCUT2D eigenvalue weighted by Gasteiger charge is -2.13. The summed E-state index contributed by atoms with van der Waals surface area (Å²) in [6.45, 7) is 2.05. The molecule has 0 saturated carbocycles. The van der Waals surface area contributed by atoms with Crippen molar-refractivity contribution in [1.82, 2.24) is 24.1 Å². The highest BCUT2D eigenvalue weighted by Crippen LogP contribution is 2.24. The van der Waals surface area contributed by atoms with Gasteiger partial charge in [0.15, 0.2) is 9.93 Å². The van der Waals surface area contributed by atoms with Crippen LogP contribution in [0.2, 0.25) is 0 Å². The molecule has 4 aromatic carbocycles. The average molecular weight is 614 g/mol. The summed E-state index contributed by atoms with van der Waals surface area (Å²) in [5, 5.41) is 1.92. The Labute approximate surface area is 262 Å². The summed E-state index contributed by atoms with van der Waals surface area (Å²) < 4.78 is 3.60. The van der Waals surface area contributed by atoms with Crippen LogP contribution in [0.3, 0.4) is 0 Å². The summed E-state index contributed by atoms with van der Waals surface area (Å²) in [6, 6.07) is 37.9. The molecule has 9 heteroatoms. The van der Waals surface area contributed by atoms with Crippen LogP contribution in [0.5, 0.6) is 0 Å². The van der Waals surface area contributed by atoms with Crippen LogP contribution < -0.4 is 11.1 Å². The van der Waals surface area contributed by atoms with Crippen LogP contribution in [0.15, 0.2) is 142 Å². The molecule has 0 aliphatic rings. The summed E-state index contributed by atoms with van der Waals surface area (Å²) in [6.07, 6.45) is 1.81. The molecule has 0 unspecified atom stereocenters. The largest absolute Gasteiger partial charge is 0.331 e. The number of thioether (sulfide) groups is 1. The van der Waals surface area contributed by atoms with Crippen molar-refractivity contribution >= 4 is 45.8 Å². The average Bonchev–Trinajstić information content (AvgIpc) is 3.05. The number of aromatic amines is 1. The van der Waals surface area contributed by atoms with Crippen LogP contribution in [0.4, 0.5) is 0 Å². The smallest absolute Gasteiger partial charge is 0.266 e. The minimum Gasteiger partial charge on any atom is -0.331 e. The number of aryl methyl sites for hydroxylation is 1. The normalized spacial score (nSPS) is 10.8. The number of aromatic nitrogens is 5. The van der Waals surface area contributed by atoms with Crippen LogP contribution in [0.25, 0.3) is 33.2 Å². The van der Waals surface area contributed by atoms with Crippen LogP contribution in [0.1, 0.15) is 11.3 Å². The van der Waals surface area contributed by atoms with Gasteiger partial charge in [-0.05, 0) is 85.4 Å². The maximum Gasteiger partial charge on any atom is 0.266 e. The van der Waals surface area contributed by atoms with E-state index in [1.54, 1.807) is 10.6 Å². The zero-order chi connectivity index (χ0) is 30.5. The van der Waals surface area contributed by atoms with Gasteiger partial charge in [-0.2, -0.15) is 0 Å². The lowest BCUT2D eigenvalue weighted by Crippen LogP contribution is -2.21. The van der Waals surface area contributed by atoms with Gasteiger partial charge in [0.25, 0.3) is 11.1 Å².